The molecule has 0 aromatic heterocycles. The molecule has 1 atom stereocenters. The third-order valence-corrected chi connectivity index (χ3v) is 2.42. The van der Waals surface area contributed by atoms with Gasteiger partial charge in [0.05, 0.1) is 13.0 Å². The molecular weight excluding hydrogens is 276 g/mol. The molecule has 1 unspecified atom stereocenters. The standard InChI is InChI=1S/C11H17ClN2O5/c1-7(15)5-9(17)14-3-4-19-6-8(16)10(12)11(18)13-2/h10H,3-6H2,1-2H3,(H,13,18)(H,14,17). The van der Waals surface area contributed by atoms with E-state index < -0.39 is 23.0 Å². The fourth-order valence-electron chi connectivity index (χ4n) is 1.07. The van der Waals surface area contributed by atoms with Gasteiger partial charge in [-0.25, -0.2) is 0 Å². The van der Waals surface area contributed by atoms with Crippen molar-refractivity contribution < 1.29 is 23.9 Å². The number of alkyl halides is 1. The highest BCUT2D eigenvalue weighted by Crippen LogP contribution is 1.98. The zero-order valence-corrected chi connectivity index (χ0v) is 11.6. The highest BCUT2D eigenvalue weighted by atomic mass is 35.5. The van der Waals surface area contributed by atoms with Crippen LogP contribution in [0.15, 0.2) is 0 Å². The molecule has 0 radical (unpaired) electrons. The summed E-state index contributed by atoms with van der Waals surface area (Å²) in [6.07, 6.45) is -0.181. The second kappa shape index (κ2) is 9.46. The van der Waals surface area contributed by atoms with E-state index in [9.17, 15) is 19.2 Å². The number of hydrogen-bond acceptors (Lipinski definition) is 5. The summed E-state index contributed by atoms with van der Waals surface area (Å²) >= 11 is 5.55. The minimum atomic E-state index is -1.28. The molecule has 0 aromatic rings. The van der Waals surface area contributed by atoms with Crippen molar-refractivity contribution in [3.63, 3.8) is 0 Å². The lowest BCUT2D eigenvalue weighted by Crippen LogP contribution is -2.36. The Morgan fingerprint density at radius 1 is 1.26 bits per heavy atom. The van der Waals surface area contributed by atoms with Crippen molar-refractivity contribution in [1.29, 1.82) is 0 Å². The lowest BCUT2D eigenvalue weighted by Gasteiger charge is -2.08. The molecule has 8 heteroatoms. The maximum atomic E-state index is 11.3. The lowest BCUT2D eigenvalue weighted by atomic mass is 10.3. The van der Waals surface area contributed by atoms with Crippen molar-refractivity contribution in [3.8, 4) is 0 Å². The topological polar surface area (TPSA) is 102 Å². The van der Waals surface area contributed by atoms with E-state index >= 15 is 0 Å². The van der Waals surface area contributed by atoms with Crippen LogP contribution in [-0.4, -0.2) is 55.6 Å². The minimum absolute atomic E-state index is 0.0900. The van der Waals surface area contributed by atoms with Crippen LogP contribution in [-0.2, 0) is 23.9 Å². The summed E-state index contributed by atoms with van der Waals surface area (Å²) in [5.41, 5.74) is 0. The molecule has 0 rings (SSSR count). The highest BCUT2D eigenvalue weighted by molar-refractivity contribution is 6.41. The van der Waals surface area contributed by atoms with E-state index in [1.165, 1.54) is 14.0 Å². The summed E-state index contributed by atoms with van der Waals surface area (Å²) in [4.78, 5) is 44.0. The monoisotopic (exact) mass is 292 g/mol. The Kier molecular flexibility index (Phi) is 8.73. The molecule has 2 amide bonds. The van der Waals surface area contributed by atoms with Crippen molar-refractivity contribution >= 4 is 35.0 Å². The van der Waals surface area contributed by atoms with Crippen molar-refractivity contribution in [1.82, 2.24) is 10.6 Å². The van der Waals surface area contributed by atoms with Crippen molar-refractivity contribution in [2.45, 2.75) is 18.7 Å². The molecule has 0 aromatic carbocycles. The van der Waals surface area contributed by atoms with E-state index in [0.29, 0.717) is 0 Å². The summed E-state index contributed by atoms with van der Waals surface area (Å²) in [5.74, 6) is -1.78. The summed E-state index contributed by atoms with van der Waals surface area (Å²) in [6, 6.07) is 0. The number of nitrogens with one attached hydrogen (secondary N) is 2. The van der Waals surface area contributed by atoms with Gasteiger partial charge in [-0.05, 0) is 6.92 Å². The lowest BCUT2D eigenvalue weighted by molar-refractivity contribution is -0.130. The second-order valence-corrected chi connectivity index (χ2v) is 4.16. The molecule has 0 aliphatic rings. The Morgan fingerprint density at radius 3 is 2.42 bits per heavy atom. The normalized spacial score (nSPS) is 11.5. The van der Waals surface area contributed by atoms with Gasteiger partial charge in [0.1, 0.15) is 12.4 Å². The Labute approximate surface area is 116 Å². The summed E-state index contributed by atoms with van der Waals surface area (Å²) in [7, 11) is 1.37. The fraction of sp³-hybridized carbons (Fsp3) is 0.636. The zero-order valence-electron chi connectivity index (χ0n) is 10.8. The van der Waals surface area contributed by atoms with Crippen LogP contribution in [0.1, 0.15) is 13.3 Å². The largest absolute Gasteiger partial charge is 0.372 e. The Hall–Kier alpha value is -1.47. The van der Waals surface area contributed by atoms with Crippen molar-refractivity contribution in [3.05, 3.63) is 0 Å². The molecule has 0 bridgehead atoms. The van der Waals surface area contributed by atoms with Crippen LogP contribution >= 0.6 is 11.6 Å². The van der Waals surface area contributed by atoms with E-state index in [2.05, 4.69) is 10.6 Å². The van der Waals surface area contributed by atoms with Gasteiger partial charge >= 0.3 is 0 Å². The van der Waals surface area contributed by atoms with E-state index in [4.69, 9.17) is 16.3 Å². The van der Waals surface area contributed by atoms with Crippen LogP contribution in [0, 0.1) is 0 Å². The number of ketones is 2. The van der Waals surface area contributed by atoms with Crippen molar-refractivity contribution in [2.24, 2.45) is 0 Å². The number of carbonyl (C=O) groups excluding carboxylic acids is 4. The van der Waals surface area contributed by atoms with Crippen LogP contribution < -0.4 is 10.6 Å². The summed E-state index contributed by atoms with van der Waals surface area (Å²) in [5, 5.41) is 3.41. The van der Waals surface area contributed by atoms with Crippen LogP contribution in [0.5, 0.6) is 0 Å². The first-order valence-electron chi connectivity index (χ1n) is 5.60. The van der Waals surface area contributed by atoms with Gasteiger partial charge in [0.2, 0.25) is 11.8 Å². The number of amides is 2. The number of hydrogen-bond donors (Lipinski definition) is 2. The van der Waals surface area contributed by atoms with E-state index in [1.54, 1.807) is 0 Å². The number of carbonyl (C=O) groups is 4. The Morgan fingerprint density at radius 2 is 1.89 bits per heavy atom. The second-order valence-electron chi connectivity index (χ2n) is 3.72. The first-order valence-corrected chi connectivity index (χ1v) is 6.04. The number of rotatable bonds is 9. The average molecular weight is 293 g/mol. The predicted octanol–water partition coefficient (Wildman–Crippen LogP) is -0.979. The molecule has 0 spiro atoms. The summed E-state index contributed by atoms with van der Waals surface area (Å²) < 4.78 is 4.95. The molecule has 0 saturated heterocycles. The predicted molar refractivity (Wildman–Crippen MR) is 67.8 cm³/mol. The summed E-state index contributed by atoms with van der Waals surface area (Å²) in [6.45, 7) is 1.26. The first kappa shape index (κ1) is 17.5. The fourth-order valence-corrected chi connectivity index (χ4v) is 1.24. The van der Waals surface area contributed by atoms with Crippen LogP contribution in [0.4, 0.5) is 0 Å². The quantitative estimate of drug-likeness (QED) is 0.323. The van der Waals surface area contributed by atoms with Gasteiger partial charge in [0.15, 0.2) is 11.2 Å². The number of Topliss-reactive ketones (excluding diaryl/α,β-unsaturated/α-hetero) is 2. The molecule has 0 aliphatic carbocycles. The third-order valence-electron chi connectivity index (χ3n) is 1.98. The maximum absolute atomic E-state index is 11.3. The minimum Gasteiger partial charge on any atom is -0.372 e. The zero-order chi connectivity index (χ0) is 14.8. The van der Waals surface area contributed by atoms with E-state index in [0.717, 1.165) is 0 Å². The first-order chi connectivity index (χ1) is 8.88. The third kappa shape index (κ3) is 8.28. The van der Waals surface area contributed by atoms with Gasteiger partial charge in [-0.3, -0.25) is 19.2 Å². The van der Waals surface area contributed by atoms with Gasteiger partial charge in [0.25, 0.3) is 0 Å². The SMILES string of the molecule is CNC(=O)C(Cl)C(=O)COCCNC(=O)CC(C)=O. The van der Waals surface area contributed by atoms with E-state index in [1.807, 2.05) is 0 Å². The van der Waals surface area contributed by atoms with Gasteiger partial charge < -0.3 is 15.4 Å². The Bertz CT molecular complexity index is 359. The number of halogens is 1. The molecule has 0 saturated carbocycles. The smallest absolute Gasteiger partial charge is 0.245 e. The molecule has 7 nitrogen and oxygen atoms in total. The maximum Gasteiger partial charge on any atom is 0.245 e. The average Bonchev–Trinajstić information content (AvgIpc) is 2.35. The molecule has 0 aliphatic heterocycles. The van der Waals surface area contributed by atoms with Gasteiger partial charge in [0, 0.05) is 13.6 Å². The molecule has 2 N–H and O–H groups in total. The number of ether oxygens (including phenoxy) is 1. The molecule has 0 fully saturated rings. The van der Waals surface area contributed by atoms with Crippen LogP contribution in [0.2, 0.25) is 0 Å². The molecule has 0 heterocycles. The molecule has 19 heavy (non-hydrogen) atoms. The van der Waals surface area contributed by atoms with Crippen molar-refractivity contribution in [2.75, 3.05) is 26.8 Å². The molecular formula is C11H17ClN2O5. The van der Waals surface area contributed by atoms with E-state index in [-0.39, 0.29) is 32.0 Å². The Balaban J connectivity index is 3.70. The van der Waals surface area contributed by atoms with Gasteiger partial charge in [-0.15, -0.1) is 11.6 Å². The van der Waals surface area contributed by atoms with Gasteiger partial charge in [-0.1, -0.05) is 0 Å². The van der Waals surface area contributed by atoms with Crippen LogP contribution in [0.25, 0.3) is 0 Å². The molecule has 108 valence electrons. The highest BCUT2D eigenvalue weighted by Gasteiger charge is 2.22. The van der Waals surface area contributed by atoms with Crippen LogP contribution in [0.3, 0.4) is 0 Å². The van der Waals surface area contributed by atoms with Gasteiger partial charge in [-0.2, -0.15) is 0 Å².